The Morgan fingerprint density at radius 1 is 1.17 bits per heavy atom. The van der Waals surface area contributed by atoms with Gasteiger partial charge in [-0.3, -0.25) is 0 Å². The highest BCUT2D eigenvalue weighted by atomic mass is 35.5. The standard InChI is InChI=1S/C14H12ClNS2/c1-9-6-7-12(17-9)10(15)8-14-16-11-4-2-3-5-13(11)18-14/h2-7,10H,8H2,1H3. The maximum absolute atomic E-state index is 6.46. The van der Waals surface area contributed by atoms with Gasteiger partial charge in [0.25, 0.3) is 0 Å². The Morgan fingerprint density at radius 3 is 2.72 bits per heavy atom. The zero-order valence-electron chi connectivity index (χ0n) is 9.89. The molecule has 18 heavy (non-hydrogen) atoms. The lowest BCUT2D eigenvalue weighted by molar-refractivity contribution is 0.930. The van der Waals surface area contributed by atoms with Gasteiger partial charge in [0.05, 0.1) is 20.6 Å². The highest BCUT2D eigenvalue weighted by molar-refractivity contribution is 7.18. The third-order valence-corrected chi connectivity index (χ3v) is 5.45. The van der Waals surface area contributed by atoms with Gasteiger partial charge in [0, 0.05) is 16.2 Å². The molecule has 1 unspecified atom stereocenters. The molecule has 0 aliphatic rings. The van der Waals surface area contributed by atoms with Gasteiger partial charge in [-0.25, -0.2) is 4.98 Å². The van der Waals surface area contributed by atoms with Gasteiger partial charge in [-0.1, -0.05) is 12.1 Å². The predicted molar refractivity (Wildman–Crippen MR) is 81.0 cm³/mol. The minimum Gasteiger partial charge on any atom is -0.241 e. The molecule has 0 aliphatic heterocycles. The maximum atomic E-state index is 6.46. The fraction of sp³-hybridized carbons (Fsp3) is 0.214. The molecule has 92 valence electrons. The molecular formula is C14H12ClNS2. The van der Waals surface area contributed by atoms with Gasteiger partial charge in [-0.2, -0.15) is 0 Å². The third kappa shape index (κ3) is 2.44. The van der Waals surface area contributed by atoms with Crippen LogP contribution >= 0.6 is 34.3 Å². The Balaban J connectivity index is 1.83. The van der Waals surface area contributed by atoms with E-state index in [-0.39, 0.29) is 5.38 Å². The van der Waals surface area contributed by atoms with Crippen molar-refractivity contribution in [3.05, 3.63) is 51.2 Å². The predicted octanol–water partition coefficient (Wildman–Crippen LogP) is 5.19. The quantitative estimate of drug-likeness (QED) is 0.606. The Hall–Kier alpha value is -0.900. The second-order valence-corrected chi connectivity index (χ2v) is 7.16. The number of alkyl halides is 1. The van der Waals surface area contributed by atoms with E-state index in [4.69, 9.17) is 11.6 Å². The molecule has 1 atom stereocenters. The van der Waals surface area contributed by atoms with Gasteiger partial charge in [0.15, 0.2) is 0 Å². The summed E-state index contributed by atoms with van der Waals surface area (Å²) in [5.74, 6) is 0. The number of thiazole rings is 1. The van der Waals surface area contributed by atoms with Crippen molar-refractivity contribution in [2.75, 3.05) is 0 Å². The number of para-hydroxylation sites is 1. The highest BCUT2D eigenvalue weighted by Crippen LogP contribution is 2.32. The smallest absolute Gasteiger partial charge is 0.0957 e. The number of nitrogens with zero attached hydrogens (tertiary/aromatic N) is 1. The molecular weight excluding hydrogens is 282 g/mol. The summed E-state index contributed by atoms with van der Waals surface area (Å²) in [7, 11) is 0. The third-order valence-electron chi connectivity index (χ3n) is 2.76. The normalized spacial score (nSPS) is 13.0. The van der Waals surface area contributed by atoms with Crippen LogP contribution < -0.4 is 0 Å². The van der Waals surface area contributed by atoms with E-state index in [0.717, 1.165) is 16.9 Å². The average molecular weight is 294 g/mol. The number of fused-ring (bicyclic) bond motifs is 1. The Bertz CT molecular complexity index is 638. The summed E-state index contributed by atoms with van der Waals surface area (Å²) >= 11 is 9.96. The summed E-state index contributed by atoms with van der Waals surface area (Å²) in [6.07, 6.45) is 0.806. The molecule has 0 saturated heterocycles. The molecule has 0 amide bonds. The molecule has 4 heteroatoms. The molecule has 0 radical (unpaired) electrons. The number of halogens is 1. The first-order chi connectivity index (χ1) is 8.72. The van der Waals surface area contributed by atoms with Crippen LogP contribution in [0.1, 0.15) is 20.1 Å². The number of hydrogen-bond acceptors (Lipinski definition) is 3. The van der Waals surface area contributed by atoms with Crippen LogP contribution in [0.15, 0.2) is 36.4 Å². The van der Waals surface area contributed by atoms with Crippen molar-refractivity contribution in [3.63, 3.8) is 0 Å². The van der Waals surface area contributed by atoms with Crippen molar-refractivity contribution in [1.29, 1.82) is 0 Å². The van der Waals surface area contributed by atoms with Gasteiger partial charge < -0.3 is 0 Å². The van der Waals surface area contributed by atoms with E-state index in [2.05, 4.69) is 30.1 Å². The minimum atomic E-state index is 0.0317. The SMILES string of the molecule is Cc1ccc(C(Cl)Cc2nc3ccccc3s2)s1. The lowest BCUT2D eigenvalue weighted by Gasteiger charge is -2.03. The topological polar surface area (TPSA) is 12.9 Å². The maximum Gasteiger partial charge on any atom is 0.0957 e. The van der Waals surface area contributed by atoms with Crippen LogP contribution in [0.5, 0.6) is 0 Å². The molecule has 0 spiro atoms. The fourth-order valence-corrected chi connectivity index (χ4v) is 4.19. The number of aromatic nitrogens is 1. The largest absolute Gasteiger partial charge is 0.241 e. The summed E-state index contributed by atoms with van der Waals surface area (Å²) in [6, 6.07) is 12.5. The molecule has 1 aromatic carbocycles. The van der Waals surface area contributed by atoms with E-state index in [9.17, 15) is 0 Å². The van der Waals surface area contributed by atoms with Crippen LogP contribution in [0, 0.1) is 6.92 Å². The zero-order valence-corrected chi connectivity index (χ0v) is 12.3. The summed E-state index contributed by atoms with van der Waals surface area (Å²) in [5, 5.41) is 1.14. The summed E-state index contributed by atoms with van der Waals surface area (Å²) < 4.78 is 1.23. The lowest BCUT2D eigenvalue weighted by Crippen LogP contribution is -1.92. The van der Waals surface area contributed by atoms with Gasteiger partial charge in [0.1, 0.15) is 0 Å². The van der Waals surface area contributed by atoms with E-state index in [1.54, 1.807) is 22.7 Å². The lowest BCUT2D eigenvalue weighted by atomic mass is 10.2. The first-order valence-corrected chi connectivity index (χ1v) is 7.84. The molecule has 0 aliphatic carbocycles. The van der Waals surface area contributed by atoms with E-state index in [1.165, 1.54) is 14.5 Å². The number of benzene rings is 1. The van der Waals surface area contributed by atoms with Gasteiger partial charge in [-0.15, -0.1) is 34.3 Å². The number of aryl methyl sites for hydroxylation is 1. The monoisotopic (exact) mass is 293 g/mol. The minimum absolute atomic E-state index is 0.0317. The van der Waals surface area contributed by atoms with Crippen molar-refractivity contribution >= 4 is 44.5 Å². The van der Waals surface area contributed by atoms with E-state index < -0.39 is 0 Å². The highest BCUT2D eigenvalue weighted by Gasteiger charge is 2.13. The van der Waals surface area contributed by atoms with Crippen LogP contribution in [0.25, 0.3) is 10.2 Å². The van der Waals surface area contributed by atoms with E-state index in [0.29, 0.717) is 0 Å². The summed E-state index contributed by atoms with van der Waals surface area (Å²) in [5.41, 5.74) is 1.07. The fourth-order valence-electron chi connectivity index (χ4n) is 1.88. The second-order valence-electron chi connectivity index (χ2n) is 4.20. The van der Waals surface area contributed by atoms with Crippen molar-refractivity contribution in [3.8, 4) is 0 Å². The van der Waals surface area contributed by atoms with Gasteiger partial charge in [-0.05, 0) is 31.2 Å². The van der Waals surface area contributed by atoms with Crippen molar-refractivity contribution in [2.24, 2.45) is 0 Å². The Kier molecular flexibility index (Phi) is 3.37. The molecule has 3 rings (SSSR count). The zero-order chi connectivity index (χ0) is 12.5. The van der Waals surface area contributed by atoms with Gasteiger partial charge >= 0.3 is 0 Å². The van der Waals surface area contributed by atoms with Crippen LogP contribution in [-0.2, 0) is 6.42 Å². The molecule has 2 aromatic heterocycles. The first-order valence-electron chi connectivity index (χ1n) is 5.77. The second kappa shape index (κ2) is 5.00. The molecule has 2 heterocycles. The number of hydrogen-bond donors (Lipinski definition) is 0. The molecule has 1 nitrogen and oxygen atoms in total. The first kappa shape index (κ1) is 12.2. The van der Waals surface area contributed by atoms with Gasteiger partial charge in [0.2, 0.25) is 0 Å². The number of thiophene rings is 1. The van der Waals surface area contributed by atoms with Crippen LogP contribution in [0.4, 0.5) is 0 Å². The number of rotatable bonds is 3. The van der Waals surface area contributed by atoms with Crippen molar-refractivity contribution in [1.82, 2.24) is 4.98 Å². The molecule has 0 N–H and O–H groups in total. The molecule has 0 saturated carbocycles. The van der Waals surface area contributed by atoms with Crippen LogP contribution in [-0.4, -0.2) is 4.98 Å². The van der Waals surface area contributed by atoms with E-state index in [1.807, 2.05) is 18.2 Å². The van der Waals surface area contributed by atoms with Crippen molar-refractivity contribution in [2.45, 2.75) is 18.7 Å². The Labute approximate surface area is 119 Å². The average Bonchev–Trinajstić information content (AvgIpc) is 2.94. The van der Waals surface area contributed by atoms with Crippen LogP contribution in [0.2, 0.25) is 0 Å². The summed E-state index contributed by atoms with van der Waals surface area (Å²) in [6.45, 7) is 2.11. The van der Waals surface area contributed by atoms with E-state index >= 15 is 0 Å². The van der Waals surface area contributed by atoms with Crippen molar-refractivity contribution < 1.29 is 0 Å². The Morgan fingerprint density at radius 2 is 2.00 bits per heavy atom. The molecule has 0 fully saturated rings. The molecule has 0 bridgehead atoms. The molecule has 3 aromatic rings. The summed E-state index contributed by atoms with van der Waals surface area (Å²) in [4.78, 5) is 7.16. The van der Waals surface area contributed by atoms with Crippen LogP contribution in [0.3, 0.4) is 0 Å².